The predicted molar refractivity (Wildman–Crippen MR) is 54.7 cm³/mol. The Bertz CT molecular complexity index is 365. The molecule has 1 aromatic carbocycles. The summed E-state index contributed by atoms with van der Waals surface area (Å²) in [6.45, 7) is 0.462. The minimum Gasteiger partial charge on any atom is -0.478 e. The van der Waals surface area contributed by atoms with E-state index in [0.29, 0.717) is 18.6 Å². The molecule has 1 aromatic rings. The Kier molecular flexibility index (Phi) is 4.88. The van der Waals surface area contributed by atoms with Crippen molar-refractivity contribution in [3.05, 3.63) is 35.1 Å². The van der Waals surface area contributed by atoms with Gasteiger partial charge in [-0.25, -0.2) is 9.18 Å². The van der Waals surface area contributed by atoms with Gasteiger partial charge in [0.2, 0.25) is 0 Å². The number of ether oxygens (including phenoxy) is 1. The van der Waals surface area contributed by atoms with Crippen molar-refractivity contribution in [2.24, 2.45) is 0 Å². The van der Waals surface area contributed by atoms with E-state index in [1.165, 1.54) is 12.1 Å². The van der Waals surface area contributed by atoms with Crippen LogP contribution in [-0.2, 0) is 11.3 Å². The van der Waals surface area contributed by atoms with Crippen molar-refractivity contribution in [1.82, 2.24) is 0 Å². The lowest BCUT2D eigenvalue weighted by molar-refractivity contribution is 0.0683. The number of rotatable bonds is 6. The van der Waals surface area contributed by atoms with Gasteiger partial charge in [-0.3, -0.25) is 0 Å². The Balaban J connectivity index is 2.67. The Morgan fingerprint density at radius 3 is 2.81 bits per heavy atom. The van der Waals surface area contributed by atoms with E-state index < -0.39 is 11.8 Å². The first-order chi connectivity index (χ1) is 7.65. The van der Waals surface area contributed by atoms with Crippen LogP contribution in [0.4, 0.5) is 4.39 Å². The molecule has 0 fully saturated rings. The summed E-state index contributed by atoms with van der Waals surface area (Å²) in [5.74, 6) is -1.77. The zero-order valence-electron chi connectivity index (χ0n) is 8.65. The Morgan fingerprint density at radius 1 is 1.44 bits per heavy atom. The van der Waals surface area contributed by atoms with Crippen LogP contribution >= 0.6 is 0 Å². The molecule has 0 radical (unpaired) electrons. The van der Waals surface area contributed by atoms with Gasteiger partial charge in [0.05, 0.1) is 12.2 Å². The van der Waals surface area contributed by atoms with Crippen molar-refractivity contribution < 1.29 is 24.1 Å². The fourth-order valence-corrected chi connectivity index (χ4v) is 1.22. The molecule has 0 bridgehead atoms. The van der Waals surface area contributed by atoms with E-state index >= 15 is 0 Å². The lowest BCUT2D eigenvalue weighted by Crippen LogP contribution is -2.06. The molecule has 88 valence electrons. The maximum atomic E-state index is 12.8. The van der Waals surface area contributed by atoms with Crippen LogP contribution in [-0.4, -0.2) is 29.4 Å². The molecule has 0 amide bonds. The molecule has 0 spiro atoms. The average Bonchev–Trinajstić information content (AvgIpc) is 2.26. The van der Waals surface area contributed by atoms with Gasteiger partial charge in [0, 0.05) is 13.2 Å². The zero-order chi connectivity index (χ0) is 12.0. The summed E-state index contributed by atoms with van der Waals surface area (Å²) in [5.41, 5.74) is 0.329. The monoisotopic (exact) mass is 228 g/mol. The summed E-state index contributed by atoms with van der Waals surface area (Å²) in [7, 11) is 0. The number of halogens is 1. The van der Waals surface area contributed by atoms with Crippen LogP contribution < -0.4 is 0 Å². The molecular weight excluding hydrogens is 215 g/mol. The highest BCUT2D eigenvalue weighted by Crippen LogP contribution is 2.12. The van der Waals surface area contributed by atoms with Gasteiger partial charge < -0.3 is 14.9 Å². The van der Waals surface area contributed by atoms with E-state index in [2.05, 4.69) is 0 Å². The second-order valence-corrected chi connectivity index (χ2v) is 3.24. The smallest absolute Gasteiger partial charge is 0.336 e. The highest BCUT2D eigenvalue weighted by molar-refractivity contribution is 5.89. The van der Waals surface area contributed by atoms with Crippen molar-refractivity contribution in [3.63, 3.8) is 0 Å². The molecule has 0 heterocycles. The number of hydrogen-bond donors (Lipinski definition) is 2. The number of aliphatic hydroxyl groups excluding tert-OH is 1. The average molecular weight is 228 g/mol. The van der Waals surface area contributed by atoms with Gasteiger partial charge in [-0.15, -0.1) is 0 Å². The van der Waals surface area contributed by atoms with Crippen molar-refractivity contribution in [2.75, 3.05) is 13.2 Å². The van der Waals surface area contributed by atoms with Crippen LogP contribution in [0, 0.1) is 5.82 Å². The fraction of sp³-hybridized carbons (Fsp3) is 0.364. The third-order valence-corrected chi connectivity index (χ3v) is 2.01. The van der Waals surface area contributed by atoms with Gasteiger partial charge >= 0.3 is 5.97 Å². The number of carboxylic acids is 1. The van der Waals surface area contributed by atoms with Crippen LogP contribution in [0.15, 0.2) is 18.2 Å². The fourth-order valence-electron chi connectivity index (χ4n) is 1.22. The Morgan fingerprint density at radius 2 is 2.19 bits per heavy atom. The molecule has 0 atom stereocenters. The molecule has 0 saturated heterocycles. The lowest BCUT2D eigenvalue weighted by Gasteiger charge is -2.06. The highest BCUT2D eigenvalue weighted by Gasteiger charge is 2.10. The minimum absolute atomic E-state index is 0.0230. The number of carbonyl (C=O) groups is 1. The van der Waals surface area contributed by atoms with Crippen LogP contribution in [0.3, 0.4) is 0 Å². The van der Waals surface area contributed by atoms with Crippen LogP contribution in [0.25, 0.3) is 0 Å². The zero-order valence-corrected chi connectivity index (χ0v) is 8.65. The van der Waals surface area contributed by atoms with E-state index in [-0.39, 0.29) is 18.8 Å². The molecule has 16 heavy (non-hydrogen) atoms. The summed E-state index contributed by atoms with van der Waals surface area (Å²) in [6.07, 6.45) is 0.490. The van der Waals surface area contributed by atoms with Gasteiger partial charge in [-0.1, -0.05) is 6.07 Å². The van der Waals surface area contributed by atoms with Gasteiger partial charge in [-0.2, -0.15) is 0 Å². The number of aliphatic hydroxyl groups is 1. The van der Waals surface area contributed by atoms with E-state index in [0.717, 1.165) is 6.07 Å². The third-order valence-electron chi connectivity index (χ3n) is 2.01. The quantitative estimate of drug-likeness (QED) is 0.723. The van der Waals surface area contributed by atoms with E-state index in [1.807, 2.05) is 0 Å². The van der Waals surface area contributed by atoms with Crippen molar-refractivity contribution in [2.45, 2.75) is 13.0 Å². The van der Waals surface area contributed by atoms with Crippen molar-refractivity contribution >= 4 is 5.97 Å². The summed E-state index contributed by atoms with van der Waals surface area (Å²) >= 11 is 0. The standard InChI is InChI=1S/C11H13FO4/c12-9-3-2-8(7-16-5-1-4-13)10(6-9)11(14)15/h2-3,6,13H,1,4-5,7H2,(H,14,15). The largest absolute Gasteiger partial charge is 0.478 e. The Hall–Kier alpha value is -1.46. The molecule has 0 aliphatic heterocycles. The van der Waals surface area contributed by atoms with Crippen molar-refractivity contribution in [1.29, 1.82) is 0 Å². The summed E-state index contributed by atoms with van der Waals surface area (Å²) in [5, 5.41) is 17.3. The summed E-state index contributed by atoms with van der Waals surface area (Å²) in [6, 6.07) is 3.54. The molecule has 4 nitrogen and oxygen atoms in total. The van der Waals surface area contributed by atoms with E-state index in [1.54, 1.807) is 0 Å². The first-order valence-electron chi connectivity index (χ1n) is 4.85. The maximum Gasteiger partial charge on any atom is 0.336 e. The number of hydrogen-bond acceptors (Lipinski definition) is 3. The van der Waals surface area contributed by atoms with Gasteiger partial charge in [0.25, 0.3) is 0 Å². The minimum atomic E-state index is -1.18. The molecular formula is C11H13FO4. The first kappa shape index (κ1) is 12.6. The molecule has 5 heteroatoms. The molecule has 0 aliphatic carbocycles. The van der Waals surface area contributed by atoms with Crippen LogP contribution in [0.2, 0.25) is 0 Å². The topological polar surface area (TPSA) is 66.8 Å². The number of aromatic carboxylic acids is 1. The second kappa shape index (κ2) is 6.19. The Labute approximate surface area is 92.3 Å². The van der Waals surface area contributed by atoms with E-state index in [4.69, 9.17) is 14.9 Å². The van der Waals surface area contributed by atoms with Gasteiger partial charge in [-0.05, 0) is 24.1 Å². The molecule has 0 aromatic heterocycles. The first-order valence-corrected chi connectivity index (χ1v) is 4.85. The third kappa shape index (κ3) is 3.60. The molecule has 0 unspecified atom stereocenters. The molecule has 2 N–H and O–H groups in total. The van der Waals surface area contributed by atoms with Gasteiger partial charge in [0.1, 0.15) is 5.82 Å². The normalized spacial score (nSPS) is 10.4. The number of carboxylic acid groups (broad SMARTS) is 1. The molecule has 1 rings (SSSR count). The highest BCUT2D eigenvalue weighted by atomic mass is 19.1. The predicted octanol–water partition coefficient (Wildman–Crippen LogP) is 1.42. The maximum absolute atomic E-state index is 12.8. The molecule has 0 saturated carbocycles. The van der Waals surface area contributed by atoms with Crippen LogP contribution in [0.1, 0.15) is 22.3 Å². The second-order valence-electron chi connectivity index (χ2n) is 3.24. The SMILES string of the molecule is O=C(O)c1cc(F)ccc1COCCCO. The van der Waals surface area contributed by atoms with E-state index in [9.17, 15) is 9.18 Å². The van der Waals surface area contributed by atoms with Crippen molar-refractivity contribution in [3.8, 4) is 0 Å². The lowest BCUT2D eigenvalue weighted by atomic mass is 10.1. The van der Waals surface area contributed by atoms with Crippen LogP contribution in [0.5, 0.6) is 0 Å². The summed E-state index contributed by atoms with van der Waals surface area (Å²) in [4.78, 5) is 10.8. The van der Waals surface area contributed by atoms with Gasteiger partial charge in [0.15, 0.2) is 0 Å². The number of benzene rings is 1. The summed E-state index contributed by atoms with van der Waals surface area (Å²) < 4.78 is 18.0. The molecule has 0 aliphatic rings.